The van der Waals surface area contributed by atoms with Gasteiger partial charge in [-0.25, -0.2) is 4.68 Å². The predicted octanol–water partition coefficient (Wildman–Crippen LogP) is 2.38. The molecule has 5 heteroatoms. The lowest BCUT2D eigenvalue weighted by atomic mass is 10.0. The summed E-state index contributed by atoms with van der Waals surface area (Å²) in [6.07, 6.45) is 0. The number of benzene rings is 1. The first-order valence-corrected chi connectivity index (χ1v) is 7.13. The molecule has 0 bridgehead atoms. The van der Waals surface area contributed by atoms with Gasteiger partial charge in [0.05, 0.1) is 24.4 Å². The van der Waals surface area contributed by atoms with E-state index in [4.69, 9.17) is 4.74 Å². The molecule has 0 aliphatic heterocycles. The second kappa shape index (κ2) is 6.66. The molecule has 0 amide bonds. The number of nitrogens with zero attached hydrogens (tertiary/aromatic N) is 2. The van der Waals surface area contributed by atoms with Crippen LogP contribution < -0.4 is 5.56 Å². The predicted molar refractivity (Wildman–Crippen MR) is 85.3 cm³/mol. The number of rotatable bonds is 5. The van der Waals surface area contributed by atoms with E-state index in [0.29, 0.717) is 18.8 Å². The van der Waals surface area contributed by atoms with Crippen LogP contribution in [0.3, 0.4) is 0 Å². The second-order valence-electron chi connectivity index (χ2n) is 5.34. The highest BCUT2D eigenvalue weighted by Gasteiger charge is 2.14. The highest BCUT2D eigenvalue weighted by atomic mass is 16.5. The normalized spacial score (nSPS) is 10.7. The first-order valence-electron chi connectivity index (χ1n) is 7.13. The smallest absolute Gasteiger partial charge is 0.277 e. The van der Waals surface area contributed by atoms with Crippen molar-refractivity contribution < 1.29 is 9.53 Å². The molecule has 0 aliphatic rings. The summed E-state index contributed by atoms with van der Waals surface area (Å²) in [4.78, 5) is 24.0. The zero-order valence-corrected chi connectivity index (χ0v) is 13.3. The van der Waals surface area contributed by atoms with E-state index in [2.05, 4.69) is 11.2 Å². The molecule has 0 saturated carbocycles. The third-order valence-electron chi connectivity index (χ3n) is 3.52. The Morgan fingerprint density at radius 1 is 1.27 bits per heavy atom. The minimum absolute atomic E-state index is 0.154. The number of ketones is 1. The molecule has 0 aliphatic carbocycles. The number of carbonyl (C=O) groups is 1. The highest BCUT2D eigenvalue weighted by Crippen LogP contribution is 2.22. The number of Topliss-reactive ketones (excluding diaryl/α,β-unsaturated/α-hetero) is 1. The van der Waals surface area contributed by atoms with Gasteiger partial charge in [-0.3, -0.25) is 9.59 Å². The van der Waals surface area contributed by atoms with E-state index < -0.39 is 0 Å². The lowest BCUT2D eigenvalue weighted by Gasteiger charge is -2.11. The maximum absolute atomic E-state index is 12.3. The zero-order valence-electron chi connectivity index (χ0n) is 13.3. The monoisotopic (exact) mass is 300 g/mol. The van der Waals surface area contributed by atoms with Crippen LogP contribution in [0, 0.1) is 13.8 Å². The summed E-state index contributed by atoms with van der Waals surface area (Å²) in [6.45, 7) is 6.07. The van der Waals surface area contributed by atoms with E-state index in [1.165, 1.54) is 11.6 Å². The van der Waals surface area contributed by atoms with Crippen molar-refractivity contribution in [3.63, 3.8) is 0 Å². The van der Waals surface area contributed by atoms with Gasteiger partial charge in [-0.2, -0.15) is 5.10 Å². The molecule has 22 heavy (non-hydrogen) atoms. The first-order chi connectivity index (χ1) is 10.4. The number of aryl methyl sites for hydroxylation is 2. The Bertz CT molecular complexity index is 763. The molecule has 1 heterocycles. The number of hydrogen-bond donors (Lipinski definition) is 0. The Balaban J connectivity index is 2.62. The standard InChI is InChI=1S/C17H20N2O3/c1-11-5-6-14(12(2)9-11)16-10-15(13(3)20)17(21)19(18-16)7-8-22-4/h5-6,9-10H,7-8H2,1-4H3. The molecule has 1 aromatic heterocycles. The fraction of sp³-hybridized carbons (Fsp3) is 0.353. The Labute approximate surface area is 129 Å². The maximum Gasteiger partial charge on any atom is 0.277 e. The van der Waals surface area contributed by atoms with Crippen molar-refractivity contribution in [1.29, 1.82) is 0 Å². The minimum Gasteiger partial charge on any atom is -0.383 e. The van der Waals surface area contributed by atoms with Crippen molar-refractivity contribution >= 4 is 5.78 Å². The van der Waals surface area contributed by atoms with E-state index in [-0.39, 0.29) is 16.9 Å². The van der Waals surface area contributed by atoms with Crippen molar-refractivity contribution in [3.05, 3.63) is 51.3 Å². The minimum atomic E-state index is -0.377. The van der Waals surface area contributed by atoms with Crippen LogP contribution in [0.25, 0.3) is 11.3 Å². The Kier molecular flexibility index (Phi) is 4.88. The van der Waals surface area contributed by atoms with Gasteiger partial charge in [0.25, 0.3) is 5.56 Å². The summed E-state index contributed by atoms with van der Waals surface area (Å²) in [7, 11) is 1.56. The van der Waals surface area contributed by atoms with Gasteiger partial charge in [0.2, 0.25) is 0 Å². The number of carbonyl (C=O) groups excluding carboxylic acids is 1. The van der Waals surface area contributed by atoms with Crippen molar-refractivity contribution in [1.82, 2.24) is 9.78 Å². The van der Waals surface area contributed by atoms with Crippen molar-refractivity contribution in [2.24, 2.45) is 0 Å². The molecule has 2 aromatic rings. The molecule has 0 spiro atoms. The average molecular weight is 300 g/mol. The van der Waals surface area contributed by atoms with Crippen LogP contribution in [0.4, 0.5) is 0 Å². The van der Waals surface area contributed by atoms with Crippen LogP contribution in [0.5, 0.6) is 0 Å². The van der Waals surface area contributed by atoms with Gasteiger partial charge in [0, 0.05) is 12.7 Å². The number of aromatic nitrogens is 2. The molecule has 0 N–H and O–H groups in total. The van der Waals surface area contributed by atoms with Crippen LogP contribution >= 0.6 is 0 Å². The molecule has 0 saturated heterocycles. The lowest BCUT2D eigenvalue weighted by molar-refractivity contribution is 0.101. The third-order valence-corrected chi connectivity index (χ3v) is 3.52. The molecule has 0 unspecified atom stereocenters. The molecule has 5 nitrogen and oxygen atoms in total. The molecular weight excluding hydrogens is 280 g/mol. The van der Waals surface area contributed by atoms with E-state index in [0.717, 1.165) is 16.7 Å². The SMILES string of the molecule is COCCn1nc(-c2ccc(C)cc2C)cc(C(C)=O)c1=O. The molecule has 0 atom stereocenters. The maximum atomic E-state index is 12.3. The molecule has 0 radical (unpaired) electrons. The topological polar surface area (TPSA) is 61.2 Å². The summed E-state index contributed by atoms with van der Waals surface area (Å²) in [5.74, 6) is -0.260. The van der Waals surface area contributed by atoms with Crippen molar-refractivity contribution in [3.8, 4) is 11.3 Å². The summed E-state index contributed by atoms with van der Waals surface area (Å²) < 4.78 is 6.30. The third kappa shape index (κ3) is 3.31. The van der Waals surface area contributed by atoms with Gasteiger partial charge in [-0.1, -0.05) is 23.8 Å². The lowest BCUT2D eigenvalue weighted by Crippen LogP contribution is -2.29. The molecule has 0 fully saturated rings. The van der Waals surface area contributed by atoms with Crippen LogP contribution in [-0.2, 0) is 11.3 Å². The highest BCUT2D eigenvalue weighted by molar-refractivity contribution is 5.94. The van der Waals surface area contributed by atoms with Gasteiger partial charge in [-0.05, 0) is 32.4 Å². The summed E-state index contributed by atoms with van der Waals surface area (Å²) in [5.41, 5.74) is 3.52. The largest absolute Gasteiger partial charge is 0.383 e. The average Bonchev–Trinajstić information content (AvgIpc) is 2.46. The summed E-state index contributed by atoms with van der Waals surface area (Å²) in [6, 6.07) is 7.57. The Hall–Kier alpha value is -2.27. The quantitative estimate of drug-likeness (QED) is 0.795. The van der Waals surface area contributed by atoms with E-state index in [1.807, 2.05) is 26.0 Å². The fourth-order valence-corrected chi connectivity index (χ4v) is 2.36. The van der Waals surface area contributed by atoms with Gasteiger partial charge < -0.3 is 4.74 Å². The Morgan fingerprint density at radius 3 is 2.59 bits per heavy atom. The van der Waals surface area contributed by atoms with Crippen LogP contribution in [0.2, 0.25) is 0 Å². The molecular formula is C17H20N2O3. The zero-order chi connectivity index (χ0) is 16.3. The number of ether oxygens (including phenoxy) is 1. The Morgan fingerprint density at radius 2 is 2.00 bits per heavy atom. The summed E-state index contributed by atoms with van der Waals surface area (Å²) >= 11 is 0. The van der Waals surface area contributed by atoms with Crippen molar-refractivity contribution in [2.45, 2.75) is 27.3 Å². The van der Waals surface area contributed by atoms with E-state index in [9.17, 15) is 9.59 Å². The fourth-order valence-electron chi connectivity index (χ4n) is 2.36. The van der Waals surface area contributed by atoms with Crippen LogP contribution in [0.15, 0.2) is 29.1 Å². The molecule has 2 rings (SSSR count). The second-order valence-corrected chi connectivity index (χ2v) is 5.34. The van der Waals surface area contributed by atoms with Gasteiger partial charge in [-0.15, -0.1) is 0 Å². The van der Waals surface area contributed by atoms with E-state index in [1.54, 1.807) is 13.2 Å². The van der Waals surface area contributed by atoms with Gasteiger partial charge in [0.1, 0.15) is 0 Å². The molecule has 116 valence electrons. The molecule has 1 aromatic carbocycles. The van der Waals surface area contributed by atoms with Crippen LogP contribution in [0.1, 0.15) is 28.4 Å². The summed E-state index contributed by atoms with van der Waals surface area (Å²) in [5, 5.41) is 4.39. The van der Waals surface area contributed by atoms with Gasteiger partial charge >= 0.3 is 0 Å². The van der Waals surface area contributed by atoms with E-state index >= 15 is 0 Å². The van der Waals surface area contributed by atoms with Crippen LogP contribution in [-0.4, -0.2) is 29.3 Å². The number of hydrogen-bond acceptors (Lipinski definition) is 4. The number of methoxy groups -OCH3 is 1. The van der Waals surface area contributed by atoms with Gasteiger partial charge in [0.15, 0.2) is 5.78 Å². The van der Waals surface area contributed by atoms with Crippen molar-refractivity contribution in [2.75, 3.05) is 13.7 Å². The first kappa shape index (κ1) is 16.1.